The molecule has 0 aromatic carbocycles. The Morgan fingerprint density at radius 3 is 1.86 bits per heavy atom. The highest BCUT2D eigenvalue weighted by molar-refractivity contribution is 7.08. The molecule has 28 heavy (non-hydrogen) atoms. The SMILES string of the molecule is CC(=O)OC(C)=O.O=C1OC(=O)c2cscc21.O=COc1cscc1C(=O)O. The zero-order chi connectivity index (χ0) is 21.3. The number of hydrogen-bond donors (Lipinski definition) is 1. The predicted molar refractivity (Wildman–Crippen MR) is 94.5 cm³/mol. The van der Waals surface area contributed by atoms with E-state index in [0.717, 1.165) is 0 Å². The molecule has 0 atom stereocenters. The van der Waals surface area contributed by atoms with E-state index in [4.69, 9.17) is 5.11 Å². The smallest absolute Gasteiger partial charge is 0.347 e. The maximum Gasteiger partial charge on any atom is 0.347 e. The first-order valence-electron chi connectivity index (χ1n) is 7.08. The van der Waals surface area contributed by atoms with E-state index in [1.54, 1.807) is 10.8 Å². The van der Waals surface area contributed by atoms with Crippen LogP contribution in [-0.2, 0) is 23.9 Å². The van der Waals surface area contributed by atoms with Gasteiger partial charge in [0, 0.05) is 35.4 Å². The van der Waals surface area contributed by atoms with Crippen molar-refractivity contribution in [3.63, 3.8) is 0 Å². The third-order valence-electron chi connectivity index (χ3n) is 2.61. The number of esters is 4. The normalized spacial score (nSPS) is 10.9. The van der Waals surface area contributed by atoms with Crippen molar-refractivity contribution in [3.8, 4) is 5.75 Å². The Labute approximate surface area is 165 Å². The van der Waals surface area contributed by atoms with Gasteiger partial charge in [-0.05, 0) is 0 Å². The van der Waals surface area contributed by atoms with Crippen LogP contribution in [0.15, 0.2) is 21.5 Å². The summed E-state index contributed by atoms with van der Waals surface area (Å²) < 4.78 is 12.7. The van der Waals surface area contributed by atoms with Crippen molar-refractivity contribution in [2.45, 2.75) is 13.8 Å². The van der Waals surface area contributed by atoms with Crippen LogP contribution in [0.2, 0.25) is 0 Å². The van der Waals surface area contributed by atoms with E-state index in [1.165, 1.54) is 47.3 Å². The molecule has 3 heterocycles. The number of hydrogen-bond acceptors (Lipinski definition) is 11. The van der Waals surface area contributed by atoms with E-state index in [9.17, 15) is 28.8 Å². The van der Waals surface area contributed by atoms with Gasteiger partial charge in [0.25, 0.3) is 6.47 Å². The molecule has 3 rings (SSSR count). The van der Waals surface area contributed by atoms with Crippen LogP contribution < -0.4 is 4.74 Å². The lowest BCUT2D eigenvalue weighted by Gasteiger charge is -1.93. The molecule has 1 aliphatic heterocycles. The summed E-state index contributed by atoms with van der Waals surface area (Å²) in [5.74, 6) is -3.18. The number of rotatable bonds is 3. The quantitative estimate of drug-likeness (QED) is 0.437. The molecule has 0 saturated carbocycles. The molecule has 0 unspecified atom stereocenters. The van der Waals surface area contributed by atoms with Crippen LogP contribution in [0.3, 0.4) is 0 Å². The van der Waals surface area contributed by atoms with E-state index in [1.807, 2.05) is 0 Å². The number of carbonyl (C=O) groups excluding carboxylic acids is 5. The molecule has 0 bridgehead atoms. The third kappa shape index (κ3) is 6.74. The lowest BCUT2D eigenvalue weighted by atomic mass is 10.2. The zero-order valence-electron chi connectivity index (χ0n) is 14.3. The van der Waals surface area contributed by atoms with Gasteiger partial charge in [0.15, 0.2) is 5.75 Å². The number of ether oxygens (including phenoxy) is 3. The van der Waals surface area contributed by atoms with Gasteiger partial charge >= 0.3 is 29.8 Å². The lowest BCUT2D eigenvalue weighted by Crippen LogP contribution is -2.03. The van der Waals surface area contributed by atoms with Gasteiger partial charge in [-0.25, -0.2) is 14.4 Å². The fraction of sp³-hybridized carbons (Fsp3) is 0.125. The Balaban J connectivity index is 0.000000216. The van der Waals surface area contributed by atoms with Gasteiger partial charge in [0.2, 0.25) is 0 Å². The average molecular weight is 428 g/mol. The summed E-state index contributed by atoms with van der Waals surface area (Å²) in [6.07, 6.45) is 0. The molecule has 10 nitrogen and oxygen atoms in total. The molecule has 0 saturated heterocycles. The molecule has 0 fully saturated rings. The lowest BCUT2D eigenvalue weighted by molar-refractivity contribution is -0.156. The van der Waals surface area contributed by atoms with E-state index in [2.05, 4.69) is 14.2 Å². The van der Waals surface area contributed by atoms with Crippen LogP contribution in [0.1, 0.15) is 44.9 Å². The first kappa shape index (κ1) is 22.7. The first-order chi connectivity index (χ1) is 13.2. The second kappa shape index (κ2) is 10.7. The molecule has 0 amide bonds. The number of fused-ring (bicyclic) bond motifs is 1. The fourth-order valence-corrected chi connectivity index (χ4v) is 3.11. The van der Waals surface area contributed by atoms with Crippen LogP contribution in [0, 0.1) is 0 Å². The Hall–Kier alpha value is -3.38. The van der Waals surface area contributed by atoms with Crippen LogP contribution in [0.25, 0.3) is 0 Å². The Kier molecular flexibility index (Phi) is 8.65. The van der Waals surface area contributed by atoms with Gasteiger partial charge in [-0.1, -0.05) is 0 Å². The second-order valence-electron chi connectivity index (χ2n) is 4.63. The van der Waals surface area contributed by atoms with Crippen molar-refractivity contribution in [2.75, 3.05) is 0 Å². The Bertz CT molecular complexity index is 868. The van der Waals surface area contributed by atoms with Gasteiger partial charge in [0.05, 0.1) is 11.1 Å². The molecule has 12 heteroatoms. The number of aromatic carboxylic acids is 1. The highest BCUT2D eigenvalue weighted by Crippen LogP contribution is 2.23. The summed E-state index contributed by atoms with van der Waals surface area (Å²) in [5, 5.41) is 14.6. The molecule has 2 aromatic rings. The summed E-state index contributed by atoms with van der Waals surface area (Å²) in [4.78, 5) is 61.2. The average Bonchev–Trinajstić information content (AvgIpc) is 3.28. The van der Waals surface area contributed by atoms with Crippen LogP contribution in [-0.4, -0.2) is 41.4 Å². The fourth-order valence-electron chi connectivity index (χ4n) is 1.59. The Morgan fingerprint density at radius 1 is 0.964 bits per heavy atom. The third-order valence-corrected chi connectivity index (χ3v) is 4.07. The monoisotopic (exact) mass is 428 g/mol. The number of carboxylic acids is 1. The summed E-state index contributed by atoms with van der Waals surface area (Å²) in [6, 6.07) is 0. The maximum atomic E-state index is 10.7. The van der Waals surface area contributed by atoms with Crippen molar-refractivity contribution >= 4 is 59.0 Å². The minimum absolute atomic E-state index is 0.0158. The topological polar surface area (TPSA) is 150 Å². The first-order valence-corrected chi connectivity index (χ1v) is 8.97. The van der Waals surface area contributed by atoms with Crippen molar-refractivity contribution in [1.82, 2.24) is 0 Å². The van der Waals surface area contributed by atoms with Crippen molar-refractivity contribution in [2.24, 2.45) is 0 Å². The highest BCUT2D eigenvalue weighted by atomic mass is 32.1. The predicted octanol–water partition coefficient (Wildman–Crippen LogP) is 2.14. The molecule has 0 spiro atoms. The number of carbonyl (C=O) groups is 6. The minimum Gasteiger partial charge on any atom is -0.478 e. The number of carboxylic acid groups (broad SMARTS) is 1. The van der Waals surface area contributed by atoms with Gasteiger partial charge in [0.1, 0.15) is 5.56 Å². The number of thiophene rings is 2. The summed E-state index contributed by atoms with van der Waals surface area (Å²) in [7, 11) is 0. The number of cyclic esters (lactones) is 2. The van der Waals surface area contributed by atoms with E-state index in [0.29, 0.717) is 11.1 Å². The molecular weight excluding hydrogens is 416 g/mol. The van der Waals surface area contributed by atoms with Crippen LogP contribution in [0.4, 0.5) is 0 Å². The molecule has 148 valence electrons. The summed E-state index contributed by atoms with van der Waals surface area (Å²) in [6.45, 7) is 2.57. The van der Waals surface area contributed by atoms with Gasteiger partial charge < -0.3 is 19.3 Å². The molecule has 1 N–H and O–H groups in total. The molecule has 0 radical (unpaired) electrons. The summed E-state index contributed by atoms with van der Waals surface area (Å²) >= 11 is 2.50. The van der Waals surface area contributed by atoms with Crippen molar-refractivity contribution < 1.29 is 48.1 Å². The van der Waals surface area contributed by atoms with Crippen molar-refractivity contribution in [3.05, 3.63) is 38.2 Å². The molecule has 0 aliphatic carbocycles. The largest absolute Gasteiger partial charge is 0.478 e. The highest BCUT2D eigenvalue weighted by Gasteiger charge is 2.29. The van der Waals surface area contributed by atoms with Crippen LogP contribution in [0.5, 0.6) is 5.75 Å². The van der Waals surface area contributed by atoms with Gasteiger partial charge in [-0.2, -0.15) is 11.3 Å². The Morgan fingerprint density at radius 2 is 1.46 bits per heavy atom. The van der Waals surface area contributed by atoms with Crippen molar-refractivity contribution in [1.29, 1.82) is 0 Å². The molecule has 1 aliphatic rings. The summed E-state index contributed by atoms with van der Waals surface area (Å²) in [5.41, 5.74) is 0.812. The molecule has 2 aromatic heterocycles. The standard InChI is InChI=1S/C6H4O4S.C6H2O3S.C4H6O3/c7-3-10-5-2-11-1-4(5)6(8)9;7-5-3-1-10-2-4(3)6(8)9-5;1-3(5)7-4(2)6/h1-3H,(H,8,9);1-2H;1-2H3. The maximum absolute atomic E-state index is 10.7. The van der Waals surface area contributed by atoms with E-state index >= 15 is 0 Å². The van der Waals surface area contributed by atoms with E-state index in [-0.39, 0.29) is 17.8 Å². The molecular formula is C16H12O10S2. The minimum atomic E-state index is -1.09. The van der Waals surface area contributed by atoms with Gasteiger partial charge in [-0.3, -0.25) is 14.4 Å². The zero-order valence-corrected chi connectivity index (χ0v) is 16.0. The van der Waals surface area contributed by atoms with E-state index < -0.39 is 29.8 Å². The second-order valence-corrected chi connectivity index (χ2v) is 6.12. The van der Waals surface area contributed by atoms with Crippen LogP contribution >= 0.6 is 22.7 Å². The van der Waals surface area contributed by atoms with Gasteiger partial charge in [-0.15, -0.1) is 11.3 Å².